The Morgan fingerprint density at radius 1 is 1.56 bits per heavy atom. The van der Waals surface area contributed by atoms with Gasteiger partial charge in [-0.2, -0.15) is 10.4 Å². The van der Waals surface area contributed by atoms with Gasteiger partial charge in [0.05, 0.1) is 5.69 Å². The van der Waals surface area contributed by atoms with E-state index in [1.807, 2.05) is 6.92 Å². The zero-order chi connectivity index (χ0) is 12.1. The zero-order valence-corrected chi connectivity index (χ0v) is 9.67. The van der Waals surface area contributed by atoms with E-state index < -0.39 is 0 Å². The Bertz CT molecular complexity index is 488. The van der Waals surface area contributed by atoms with E-state index in [1.165, 1.54) is 6.92 Å². The van der Waals surface area contributed by atoms with Crippen molar-refractivity contribution in [3.63, 3.8) is 0 Å². The first kappa shape index (κ1) is 12.2. The maximum Gasteiger partial charge on any atom is 0.203 e. The molecule has 0 amide bonds. The number of anilines is 1. The molecule has 0 aliphatic carbocycles. The van der Waals surface area contributed by atoms with E-state index in [1.54, 1.807) is 24.3 Å². The van der Waals surface area contributed by atoms with Crippen LogP contribution in [0.2, 0.25) is 5.02 Å². The highest BCUT2D eigenvalue weighted by Crippen LogP contribution is 2.19. The van der Waals surface area contributed by atoms with Gasteiger partial charge in [-0.3, -0.25) is 10.2 Å². The SMILES string of the molecule is CC(=O)/C(C#N)=N/Nc1ccc(Cl)cc1C. The normalized spacial score (nSPS) is 10.8. The van der Waals surface area contributed by atoms with Gasteiger partial charge in [0.25, 0.3) is 0 Å². The van der Waals surface area contributed by atoms with Gasteiger partial charge in [0, 0.05) is 11.9 Å². The minimum atomic E-state index is -0.374. The molecule has 0 heterocycles. The first-order valence-corrected chi connectivity index (χ1v) is 4.93. The molecule has 0 saturated heterocycles. The molecule has 0 bridgehead atoms. The highest BCUT2D eigenvalue weighted by molar-refractivity contribution is 6.45. The molecule has 1 rings (SSSR count). The van der Waals surface area contributed by atoms with Crippen LogP contribution in [0.4, 0.5) is 5.69 Å². The van der Waals surface area contributed by atoms with Crippen LogP contribution in [0.25, 0.3) is 0 Å². The van der Waals surface area contributed by atoms with E-state index >= 15 is 0 Å². The van der Waals surface area contributed by atoms with E-state index in [-0.39, 0.29) is 11.5 Å². The molecule has 16 heavy (non-hydrogen) atoms. The molecule has 4 nitrogen and oxygen atoms in total. The summed E-state index contributed by atoms with van der Waals surface area (Å²) in [6.07, 6.45) is 0. The lowest BCUT2D eigenvalue weighted by atomic mass is 10.2. The number of Topliss-reactive ketones (excluding diaryl/α,β-unsaturated/α-hetero) is 1. The number of hydrogen-bond donors (Lipinski definition) is 1. The highest BCUT2D eigenvalue weighted by Gasteiger charge is 2.04. The third-order valence-electron chi connectivity index (χ3n) is 1.92. The molecule has 0 unspecified atom stereocenters. The van der Waals surface area contributed by atoms with Crippen LogP contribution in [-0.2, 0) is 4.79 Å². The Balaban J connectivity index is 2.90. The van der Waals surface area contributed by atoms with Gasteiger partial charge >= 0.3 is 0 Å². The summed E-state index contributed by atoms with van der Waals surface area (Å²) in [6, 6.07) is 6.91. The van der Waals surface area contributed by atoms with Crippen LogP contribution in [0.1, 0.15) is 12.5 Å². The second-order valence-electron chi connectivity index (χ2n) is 3.20. The van der Waals surface area contributed by atoms with Gasteiger partial charge in [-0.05, 0) is 30.7 Å². The predicted molar refractivity (Wildman–Crippen MR) is 63.5 cm³/mol. The van der Waals surface area contributed by atoms with E-state index in [9.17, 15) is 4.79 Å². The summed E-state index contributed by atoms with van der Waals surface area (Å²) >= 11 is 5.79. The fourth-order valence-corrected chi connectivity index (χ4v) is 1.28. The number of nitrogens with zero attached hydrogens (tertiary/aromatic N) is 2. The van der Waals surface area contributed by atoms with Crippen molar-refractivity contribution in [2.45, 2.75) is 13.8 Å². The molecule has 0 radical (unpaired) electrons. The van der Waals surface area contributed by atoms with Gasteiger partial charge in [0.1, 0.15) is 6.07 Å². The van der Waals surface area contributed by atoms with E-state index in [0.29, 0.717) is 10.7 Å². The van der Waals surface area contributed by atoms with Crippen LogP contribution >= 0.6 is 11.6 Å². The number of hydrazone groups is 1. The molecular formula is C11H10ClN3O. The third-order valence-corrected chi connectivity index (χ3v) is 2.15. The molecule has 82 valence electrons. The van der Waals surface area contributed by atoms with Crippen LogP contribution in [0, 0.1) is 18.3 Å². The highest BCUT2D eigenvalue weighted by atomic mass is 35.5. The maximum absolute atomic E-state index is 10.9. The molecular weight excluding hydrogens is 226 g/mol. The minimum absolute atomic E-state index is 0.158. The second kappa shape index (κ2) is 5.29. The van der Waals surface area contributed by atoms with Crippen molar-refractivity contribution in [3.05, 3.63) is 28.8 Å². The molecule has 0 aliphatic rings. The van der Waals surface area contributed by atoms with Crippen molar-refractivity contribution in [3.8, 4) is 6.07 Å². The number of hydrogen-bond acceptors (Lipinski definition) is 4. The largest absolute Gasteiger partial charge is 0.292 e. The fraction of sp³-hybridized carbons (Fsp3) is 0.182. The first-order valence-electron chi connectivity index (χ1n) is 4.55. The van der Waals surface area contributed by atoms with Crippen LogP contribution < -0.4 is 5.43 Å². The lowest BCUT2D eigenvalue weighted by Crippen LogP contribution is -2.09. The van der Waals surface area contributed by atoms with Gasteiger partial charge in [0.15, 0.2) is 5.78 Å². The van der Waals surface area contributed by atoms with Gasteiger partial charge in [-0.1, -0.05) is 11.6 Å². The van der Waals surface area contributed by atoms with Crippen molar-refractivity contribution in [2.75, 3.05) is 5.43 Å². The molecule has 0 saturated carbocycles. The van der Waals surface area contributed by atoms with E-state index in [0.717, 1.165) is 5.56 Å². The zero-order valence-electron chi connectivity index (χ0n) is 8.91. The van der Waals surface area contributed by atoms with Gasteiger partial charge < -0.3 is 0 Å². The Morgan fingerprint density at radius 2 is 2.25 bits per heavy atom. The summed E-state index contributed by atoms with van der Waals surface area (Å²) in [5, 5.41) is 13.0. The summed E-state index contributed by atoms with van der Waals surface area (Å²) in [6.45, 7) is 3.14. The molecule has 0 aromatic heterocycles. The number of benzene rings is 1. The molecule has 5 heteroatoms. The number of rotatable bonds is 3. The maximum atomic E-state index is 10.9. The minimum Gasteiger partial charge on any atom is -0.292 e. The predicted octanol–water partition coefficient (Wildman–Crippen LogP) is 2.53. The Labute approximate surface area is 98.5 Å². The quantitative estimate of drug-likeness (QED) is 0.647. The Morgan fingerprint density at radius 3 is 2.75 bits per heavy atom. The number of halogens is 1. The number of ketones is 1. The lowest BCUT2D eigenvalue weighted by Gasteiger charge is -2.04. The van der Waals surface area contributed by atoms with Crippen molar-refractivity contribution in [2.24, 2.45) is 5.10 Å². The smallest absolute Gasteiger partial charge is 0.203 e. The molecule has 0 atom stereocenters. The summed E-state index contributed by atoms with van der Waals surface area (Å²) in [7, 11) is 0. The van der Waals surface area contributed by atoms with Crippen molar-refractivity contribution < 1.29 is 4.79 Å². The van der Waals surface area contributed by atoms with Crippen molar-refractivity contribution in [1.29, 1.82) is 5.26 Å². The van der Waals surface area contributed by atoms with Crippen LogP contribution in [0.15, 0.2) is 23.3 Å². The Hall–Kier alpha value is -1.86. The lowest BCUT2D eigenvalue weighted by molar-refractivity contribution is -0.110. The van der Waals surface area contributed by atoms with Gasteiger partial charge in [0.2, 0.25) is 5.71 Å². The fourth-order valence-electron chi connectivity index (χ4n) is 1.05. The summed E-state index contributed by atoms with van der Waals surface area (Å²) in [4.78, 5) is 10.9. The van der Waals surface area contributed by atoms with Crippen LogP contribution in [0.5, 0.6) is 0 Å². The monoisotopic (exact) mass is 235 g/mol. The molecule has 1 aromatic rings. The van der Waals surface area contributed by atoms with Gasteiger partial charge in [-0.15, -0.1) is 0 Å². The van der Waals surface area contributed by atoms with Crippen molar-refractivity contribution in [1.82, 2.24) is 0 Å². The Kier molecular flexibility index (Phi) is 4.03. The molecule has 0 spiro atoms. The number of aryl methyl sites for hydroxylation is 1. The summed E-state index contributed by atoms with van der Waals surface area (Å²) < 4.78 is 0. The van der Waals surface area contributed by atoms with E-state index in [4.69, 9.17) is 16.9 Å². The number of nitriles is 1. The number of carbonyl (C=O) groups excluding carboxylic acids is 1. The number of nitrogens with one attached hydrogen (secondary N) is 1. The van der Waals surface area contributed by atoms with Crippen LogP contribution in [-0.4, -0.2) is 11.5 Å². The second-order valence-corrected chi connectivity index (χ2v) is 3.64. The van der Waals surface area contributed by atoms with E-state index in [2.05, 4.69) is 10.5 Å². The third kappa shape index (κ3) is 3.07. The van der Waals surface area contributed by atoms with Gasteiger partial charge in [-0.25, -0.2) is 0 Å². The molecule has 0 fully saturated rings. The summed E-state index contributed by atoms with van der Waals surface area (Å²) in [5.41, 5.74) is 4.09. The van der Waals surface area contributed by atoms with Crippen molar-refractivity contribution >= 4 is 28.8 Å². The first-order chi connectivity index (χ1) is 7.54. The average Bonchev–Trinajstić information content (AvgIpc) is 2.21. The molecule has 1 aromatic carbocycles. The van der Waals surface area contributed by atoms with Crippen LogP contribution in [0.3, 0.4) is 0 Å². The summed E-state index contributed by atoms with van der Waals surface area (Å²) in [5.74, 6) is -0.374. The average molecular weight is 236 g/mol. The molecule has 0 aliphatic heterocycles. The standard InChI is InChI=1S/C11H10ClN3O/c1-7-5-9(12)3-4-10(7)14-15-11(6-13)8(2)16/h3-5,14H,1-2H3/b15-11+. The number of carbonyl (C=O) groups is 1. The topological polar surface area (TPSA) is 65.2 Å². The molecule has 1 N–H and O–H groups in total.